The topological polar surface area (TPSA) is 102 Å². The van der Waals surface area contributed by atoms with Crippen LogP contribution in [0.25, 0.3) is 0 Å². The highest BCUT2D eigenvalue weighted by Crippen LogP contribution is 2.39. The molecule has 1 aliphatic rings. The van der Waals surface area contributed by atoms with Gasteiger partial charge in [0, 0.05) is 10.6 Å². The summed E-state index contributed by atoms with van der Waals surface area (Å²) in [6, 6.07) is 13.1. The lowest BCUT2D eigenvalue weighted by atomic mass is 10.0. The number of fused-ring (bicyclic) bond motifs is 1. The summed E-state index contributed by atoms with van der Waals surface area (Å²) in [6.45, 7) is 0. The van der Waals surface area contributed by atoms with Gasteiger partial charge in [-0.05, 0) is 35.9 Å². The Morgan fingerprint density at radius 2 is 1.81 bits per heavy atom. The molecule has 2 N–H and O–H groups in total. The highest BCUT2D eigenvalue weighted by molar-refractivity contribution is 7.99. The third-order valence-electron chi connectivity index (χ3n) is 3.81. The van der Waals surface area contributed by atoms with Gasteiger partial charge in [-0.1, -0.05) is 18.2 Å². The van der Waals surface area contributed by atoms with Gasteiger partial charge >= 0.3 is 16.2 Å². The molecule has 0 saturated heterocycles. The van der Waals surface area contributed by atoms with Gasteiger partial charge in [-0.2, -0.15) is 8.42 Å². The van der Waals surface area contributed by atoms with Gasteiger partial charge in [-0.3, -0.25) is 9.52 Å². The molecule has 136 valence electrons. The third-order valence-corrected chi connectivity index (χ3v) is 5.97. The number of anilines is 1. The Labute approximate surface area is 155 Å². The van der Waals surface area contributed by atoms with Crippen molar-refractivity contribution >= 4 is 39.5 Å². The highest BCUT2D eigenvalue weighted by Gasteiger charge is 2.31. The number of benzene rings is 2. The summed E-state index contributed by atoms with van der Waals surface area (Å²) in [5, 5.41) is 0. The van der Waals surface area contributed by atoms with Crippen LogP contribution in [0.15, 0.2) is 53.4 Å². The molecule has 1 amide bonds. The van der Waals surface area contributed by atoms with Gasteiger partial charge in [0.25, 0.3) is 0 Å². The van der Waals surface area contributed by atoms with Crippen molar-refractivity contribution in [3.63, 3.8) is 0 Å². The first-order chi connectivity index (χ1) is 12.4. The maximum atomic E-state index is 12.4. The normalized spacial score (nSPS) is 15.8. The van der Waals surface area contributed by atoms with E-state index >= 15 is 0 Å². The molecule has 1 atom stereocenters. The van der Waals surface area contributed by atoms with Gasteiger partial charge in [-0.25, -0.2) is 9.52 Å². The Bertz CT molecular complexity index is 942. The number of methoxy groups -OCH3 is 1. The zero-order valence-electron chi connectivity index (χ0n) is 13.8. The number of amides is 1. The molecule has 3 rings (SSSR count). The Morgan fingerprint density at radius 1 is 1.12 bits per heavy atom. The summed E-state index contributed by atoms with van der Waals surface area (Å²) >= 11 is 1.52. The lowest BCUT2D eigenvalue weighted by molar-refractivity contribution is -0.120. The van der Waals surface area contributed by atoms with Crippen LogP contribution in [-0.4, -0.2) is 33.2 Å². The first-order valence-electron chi connectivity index (χ1n) is 7.64. The standard InChI is InChI=1S/C17H16N2O5S2/c1-24-17(21)11-6-8-12(9-7-11)18-26(22,23)19-16(20)14-10-25-15-5-3-2-4-13(14)15/h2-9,14,18H,10H2,1H3,(H,19,20)/t14-/m1/s1. The fourth-order valence-corrected chi connectivity index (χ4v) is 4.69. The molecular formula is C17H16N2O5S2. The number of rotatable bonds is 5. The quantitative estimate of drug-likeness (QED) is 0.756. The van der Waals surface area contributed by atoms with Gasteiger partial charge in [0.05, 0.1) is 24.3 Å². The second kappa shape index (κ2) is 7.38. The number of carbonyl (C=O) groups is 2. The summed E-state index contributed by atoms with van der Waals surface area (Å²) in [4.78, 5) is 24.8. The van der Waals surface area contributed by atoms with Crippen LogP contribution in [0.1, 0.15) is 21.8 Å². The smallest absolute Gasteiger partial charge is 0.337 e. The van der Waals surface area contributed by atoms with Crippen molar-refractivity contribution in [3.8, 4) is 0 Å². The van der Waals surface area contributed by atoms with E-state index in [0.29, 0.717) is 11.3 Å². The van der Waals surface area contributed by atoms with Crippen LogP contribution in [0.3, 0.4) is 0 Å². The summed E-state index contributed by atoms with van der Waals surface area (Å²) in [5.74, 6) is -1.13. The van der Waals surface area contributed by atoms with Crippen LogP contribution in [0.4, 0.5) is 5.69 Å². The molecule has 26 heavy (non-hydrogen) atoms. The molecule has 1 aliphatic heterocycles. The van der Waals surface area contributed by atoms with Gasteiger partial charge < -0.3 is 4.74 Å². The summed E-state index contributed by atoms with van der Waals surface area (Å²) in [7, 11) is -2.83. The molecule has 0 radical (unpaired) electrons. The minimum absolute atomic E-state index is 0.221. The van der Waals surface area contributed by atoms with Crippen LogP contribution in [0.5, 0.6) is 0 Å². The third kappa shape index (κ3) is 4.00. The lowest BCUT2D eigenvalue weighted by Crippen LogP contribution is -2.38. The van der Waals surface area contributed by atoms with Crippen molar-refractivity contribution in [3.05, 3.63) is 59.7 Å². The predicted molar refractivity (Wildman–Crippen MR) is 98.4 cm³/mol. The number of esters is 1. The molecule has 0 saturated carbocycles. The molecule has 1 heterocycles. The number of nitrogens with one attached hydrogen (secondary N) is 2. The van der Waals surface area contributed by atoms with E-state index in [-0.39, 0.29) is 5.69 Å². The molecule has 0 spiro atoms. The van der Waals surface area contributed by atoms with Crippen LogP contribution in [0.2, 0.25) is 0 Å². The summed E-state index contributed by atoms with van der Waals surface area (Å²) in [6.07, 6.45) is 0. The number of ether oxygens (including phenoxy) is 1. The highest BCUT2D eigenvalue weighted by atomic mass is 32.2. The molecular weight excluding hydrogens is 376 g/mol. The molecule has 9 heteroatoms. The zero-order valence-corrected chi connectivity index (χ0v) is 15.4. The van der Waals surface area contributed by atoms with E-state index in [9.17, 15) is 18.0 Å². The van der Waals surface area contributed by atoms with Crippen LogP contribution in [0, 0.1) is 0 Å². The molecule has 0 bridgehead atoms. The van der Waals surface area contributed by atoms with Crippen molar-refractivity contribution < 1.29 is 22.7 Å². The maximum absolute atomic E-state index is 12.4. The van der Waals surface area contributed by atoms with Gasteiger partial charge in [-0.15, -0.1) is 11.8 Å². The number of thioether (sulfide) groups is 1. The molecule has 2 aromatic rings. The van der Waals surface area contributed by atoms with Crippen LogP contribution >= 0.6 is 11.8 Å². The Hall–Kier alpha value is -2.52. The Balaban J connectivity index is 1.68. The SMILES string of the molecule is COC(=O)c1ccc(NS(=O)(=O)NC(=O)[C@@H]2CSc3ccccc32)cc1. The average molecular weight is 392 g/mol. The predicted octanol–water partition coefficient (Wildman–Crippen LogP) is 2.14. The Morgan fingerprint density at radius 3 is 2.50 bits per heavy atom. The minimum Gasteiger partial charge on any atom is -0.465 e. The molecule has 2 aromatic carbocycles. The van der Waals surface area contributed by atoms with E-state index in [1.165, 1.54) is 43.1 Å². The van der Waals surface area contributed by atoms with Gasteiger partial charge in [0.15, 0.2) is 0 Å². The monoisotopic (exact) mass is 392 g/mol. The minimum atomic E-state index is -4.09. The van der Waals surface area contributed by atoms with E-state index in [1.807, 2.05) is 24.3 Å². The van der Waals surface area contributed by atoms with Gasteiger partial charge in [0.2, 0.25) is 5.91 Å². The van der Waals surface area contributed by atoms with Crippen molar-refractivity contribution in [2.45, 2.75) is 10.8 Å². The van der Waals surface area contributed by atoms with Crippen molar-refractivity contribution in [1.82, 2.24) is 4.72 Å². The number of hydrogen-bond acceptors (Lipinski definition) is 6. The van der Waals surface area contributed by atoms with E-state index in [4.69, 9.17) is 0 Å². The van der Waals surface area contributed by atoms with Crippen molar-refractivity contribution in [1.29, 1.82) is 0 Å². The fraction of sp³-hybridized carbons (Fsp3) is 0.176. The van der Waals surface area contributed by atoms with Crippen LogP contribution < -0.4 is 9.44 Å². The molecule has 0 unspecified atom stereocenters. The molecule has 0 fully saturated rings. The van der Waals surface area contributed by atoms with Crippen molar-refractivity contribution in [2.75, 3.05) is 17.6 Å². The Kier molecular flexibility index (Phi) is 5.19. The maximum Gasteiger partial charge on any atom is 0.337 e. The fourth-order valence-electron chi connectivity index (χ4n) is 2.56. The zero-order chi connectivity index (χ0) is 18.7. The first-order valence-corrected chi connectivity index (χ1v) is 10.1. The second-order valence-corrected chi connectivity index (χ2v) is 8.02. The summed E-state index contributed by atoms with van der Waals surface area (Å²) in [5.41, 5.74) is 1.34. The number of carbonyl (C=O) groups excluding carboxylic acids is 2. The molecule has 7 nitrogen and oxygen atoms in total. The van der Waals surface area contributed by atoms with Gasteiger partial charge in [0.1, 0.15) is 0 Å². The van der Waals surface area contributed by atoms with Crippen LogP contribution in [-0.2, 0) is 19.7 Å². The van der Waals surface area contributed by atoms with E-state index in [1.54, 1.807) is 0 Å². The van der Waals surface area contributed by atoms with E-state index < -0.39 is 28.0 Å². The molecule has 0 aromatic heterocycles. The second-order valence-electron chi connectivity index (χ2n) is 5.54. The lowest BCUT2D eigenvalue weighted by Gasteiger charge is -2.13. The first kappa shape index (κ1) is 18.3. The van der Waals surface area contributed by atoms with Crippen molar-refractivity contribution in [2.24, 2.45) is 0 Å². The average Bonchev–Trinajstić information content (AvgIpc) is 3.05. The van der Waals surface area contributed by atoms with E-state index in [2.05, 4.69) is 14.2 Å². The summed E-state index contributed by atoms with van der Waals surface area (Å²) < 4.78 is 33.3. The van der Waals surface area contributed by atoms with E-state index in [0.717, 1.165) is 10.5 Å². The largest absolute Gasteiger partial charge is 0.465 e. The number of hydrogen-bond donors (Lipinski definition) is 2. The molecule has 0 aliphatic carbocycles.